The number of hydrogen-bond acceptors (Lipinski definition) is 3. The van der Waals surface area contributed by atoms with Crippen molar-refractivity contribution < 1.29 is 19.4 Å². The molecule has 2 aromatic rings. The van der Waals surface area contributed by atoms with Gasteiger partial charge in [0.1, 0.15) is 0 Å². The van der Waals surface area contributed by atoms with Gasteiger partial charge < -0.3 is 14.6 Å². The highest BCUT2D eigenvalue weighted by atomic mass is 16.5. The van der Waals surface area contributed by atoms with Crippen LogP contribution in [-0.2, 0) is 11.2 Å². The Kier molecular flexibility index (Phi) is 6.24. The Balaban J connectivity index is 1.94. The molecule has 120 valence electrons. The van der Waals surface area contributed by atoms with Crippen LogP contribution in [0.1, 0.15) is 17.5 Å². The van der Waals surface area contributed by atoms with Gasteiger partial charge in [-0.25, -0.2) is 4.79 Å². The highest BCUT2D eigenvalue weighted by molar-refractivity contribution is 5.85. The van der Waals surface area contributed by atoms with Gasteiger partial charge in [0.05, 0.1) is 13.7 Å². The Morgan fingerprint density at radius 2 is 1.91 bits per heavy atom. The number of carboxylic acids is 1. The molecule has 0 aromatic heterocycles. The number of carbonyl (C=O) groups is 1. The van der Waals surface area contributed by atoms with Crippen molar-refractivity contribution in [2.75, 3.05) is 13.7 Å². The Hall–Kier alpha value is -2.75. The topological polar surface area (TPSA) is 55.8 Å². The van der Waals surface area contributed by atoms with Gasteiger partial charge in [-0.3, -0.25) is 0 Å². The SMILES string of the molecule is COc1ccc(C=CC(=O)O)cc1OCCCc1ccccc1. The molecule has 0 heterocycles. The van der Waals surface area contributed by atoms with Gasteiger partial charge in [0.2, 0.25) is 0 Å². The Morgan fingerprint density at radius 3 is 2.61 bits per heavy atom. The first-order chi connectivity index (χ1) is 11.2. The average Bonchev–Trinajstić information content (AvgIpc) is 2.58. The number of hydrogen-bond donors (Lipinski definition) is 1. The summed E-state index contributed by atoms with van der Waals surface area (Å²) in [7, 11) is 1.58. The summed E-state index contributed by atoms with van der Waals surface area (Å²) in [5.41, 5.74) is 2.03. The molecule has 0 unspecified atom stereocenters. The largest absolute Gasteiger partial charge is 0.493 e. The molecule has 2 aromatic carbocycles. The maximum Gasteiger partial charge on any atom is 0.328 e. The lowest BCUT2D eigenvalue weighted by atomic mass is 10.1. The van der Waals surface area contributed by atoms with Crippen molar-refractivity contribution in [3.63, 3.8) is 0 Å². The van der Waals surface area contributed by atoms with Gasteiger partial charge in [0.25, 0.3) is 0 Å². The number of methoxy groups -OCH3 is 1. The second-order valence-corrected chi connectivity index (χ2v) is 5.02. The molecule has 0 saturated heterocycles. The lowest BCUT2D eigenvalue weighted by molar-refractivity contribution is -0.131. The summed E-state index contributed by atoms with van der Waals surface area (Å²) in [6.07, 6.45) is 4.46. The van der Waals surface area contributed by atoms with Crippen molar-refractivity contribution in [2.24, 2.45) is 0 Å². The molecule has 0 amide bonds. The molecule has 0 aliphatic rings. The number of aryl methyl sites for hydroxylation is 1. The standard InChI is InChI=1S/C19H20O4/c1-22-17-11-9-16(10-12-19(20)21)14-18(17)23-13-5-8-15-6-3-2-4-7-15/h2-4,6-7,9-12,14H,5,8,13H2,1H3,(H,20,21). The Labute approximate surface area is 136 Å². The van der Waals surface area contributed by atoms with Crippen LogP contribution in [0, 0.1) is 0 Å². The summed E-state index contributed by atoms with van der Waals surface area (Å²) in [6.45, 7) is 0.567. The van der Waals surface area contributed by atoms with E-state index in [0.29, 0.717) is 18.1 Å². The number of ether oxygens (including phenoxy) is 2. The quantitative estimate of drug-likeness (QED) is 0.595. The Bertz CT molecular complexity index is 662. The van der Waals surface area contributed by atoms with Gasteiger partial charge in [-0.1, -0.05) is 36.4 Å². The molecule has 0 aliphatic heterocycles. The first-order valence-corrected chi connectivity index (χ1v) is 7.45. The van der Waals surface area contributed by atoms with Crippen LogP contribution in [0.3, 0.4) is 0 Å². The lowest BCUT2D eigenvalue weighted by Crippen LogP contribution is -2.01. The summed E-state index contributed by atoms with van der Waals surface area (Å²) in [5, 5.41) is 8.68. The van der Waals surface area contributed by atoms with Crippen molar-refractivity contribution in [1.29, 1.82) is 0 Å². The van der Waals surface area contributed by atoms with Gasteiger partial charge in [0.15, 0.2) is 11.5 Å². The Morgan fingerprint density at radius 1 is 1.13 bits per heavy atom. The van der Waals surface area contributed by atoms with Gasteiger partial charge in [0, 0.05) is 6.08 Å². The molecule has 0 atom stereocenters. The molecular weight excluding hydrogens is 292 g/mol. The molecule has 0 aliphatic carbocycles. The summed E-state index contributed by atoms with van der Waals surface area (Å²) in [6, 6.07) is 15.6. The van der Waals surface area contributed by atoms with Crippen LogP contribution >= 0.6 is 0 Å². The molecule has 0 radical (unpaired) electrons. The van der Waals surface area contributed by atoms with E-state index >= 15 is 0 Å². The van der Waals surface area contributed by atoms with E-state index in [1.54, 1.807) is 25.3 Å². The summed E-state index contributed by atoms with van der Waals surface area (Å²) < 4.78 is 11.1. The summed E-state index contributed by atoms with van der Waals surface area (Å²) >= 11 is 0. The summed E-state index contributed by atoms with van der Waals surface area (Å²) in [5.74, 6) is 0.274. The van der Waals surface area contributed by atoms with Gasteiger partial charge in [-0.05, 0) is 42.2 Å². The molecule has 0 spiro atoms. The third kappa shape index (κ3) is 5.51. The third-order valence-electron chi connectivity index (χ3n) is 3.32. The van der Waals surface area contributed by atoms with Crippen LogP contribution in [0.15, 0.2) is 54.6 Å². The second-order valence-electron chi connectivity index (χ2n) is 5.02. The van der Waals surface area contributed by atoms with E-state index < -0.39 is 5.97 Å². The van der Waals surface area contributed by atoms with E-state index in [1.807, 2.05) is 18.2 Å². The first kappa shape index (κ1) is 16.6. The van der Waals surface area contributed by atoms with E-state index in [9.17, 15) is 4.79 Å². The fourth-order valence-corrected chi connectivity index (χ4v) is 2.18. The monoisotopic (exact) mass is 312 g/mol. The highest BCUT2D eigenvalue weighted by Gasteiger charge is 2.05. The highest BCUT2D eigenvalue weighted by Crippen LogP contribution is 2.28. The molecular formula is C19H20O4. The third-order valence-corrected chi connectivity index (χ3v) is 3.32. The van der Waals surface area contributed by atoms with Crippen LogP contribution in [0.2, 0.25) is 0 Å². The molecule has 4 nitrogen and oxygen atoms in total. The molecule has 23 heavy (non-hydrogen) atoms. The lowest BCUT2D eigenvalue weighted by Gasteiger charge is -2.11. The maximum atomic E-state index is 10.6. The summed E-state index contributed by atoms with van der Waals surface area (Å²) in [4.78, 5) is 10.6. The van der Waals surface area contributed by atoms with Crippen LogP contribution < -0.4 is 9.47 Å². The van der Waals surface area contributed by atoms with E-state index in [4.69, 9.17) is 14.6 Å². The van der Waals surface area contributed by atoms with Crippen LogP contribution in [-0.4, -0.2) is 24.8 Å². The van der Waals surface area contributed by atoms with E-state index in [2.05, 4.69) is 12.1 Å². The number of rotatable bonds is 8. The zero-order valence-corrected chi connectivity index (χ0v) is 13.1. The normalized spacial score (nSPS) is 10.7. The molecule has 0 bridgehead atoms. The van der Waals surface area contributed by atoms with Crippen molar-refractivity contribution in [2.45, 2.75) is 12.8 Å². The van der Waals surface area contributed by atoms with Crippen molar-refractivity contribution in [1.82, 2.24) is 0 Å². The second kappa shape index (κ2) is 8.63. The van der Waals surface area contributed by atoms with Gasteiger partial charge in [-0.15, -0.1) is 0 Å². The number of carboxylic acid groups (broad SMARTS) is 1. The van der Waals surface area contributed by atoms with Crippen LogP contribution in [0.4, 0.5) is 0 Å². The maximum absolute atomic E-state index is 10.6. The molecule has 0 fully saturated rings. The van der Waals surface area contributed by atoms with Crippen molar-refractivity contribution in [3.05, 3.63) is 65.7 Å². The minimum Gasteiger partial charge on any atom is -0.493 e. The first-order valence-electron chi connectivity index (χ1n) is 7.45. The molecule has 2 rings (SSSR count). The average molecular weight is 312 g/mol. The van der Waals surface area contributed by atoms with E-state index in [1.165, 1.54) is 11.6 Å². The van der Waals surface area contributed by atoms with Gasteiger partial charge >= 0.3 is 5.97 Å². The fourth-order valence-electron chi connectivity index (χ4n) is 2.18. The fraction of sp³-hybridized carbons (Fsp3) is 0.211. The van der Waals surface area contributed by atoms with Crippen molar-refractivity contribution >= 4 is 12.0 Å². The zero-order valence-electron chi connectivity index (χ0n) is 13.1. The van der Waals surface area contributed by atoms with E-state index in [-0.39, 0.29) is 0 Å². The number of benzene rings is 2. The molecule has 4 heteroatoms. The smallest absolute Gasteiger partial charge is 0.328 e. The minimum atomic E-state index is -0.980. The van der Waals surface area contributed by atoms with Crippen LogP contribution in [0.25, 0.3) is 6.08 Å². The molecule has 0 saturated carbocycles. The van der Waals surface area contributed by atoms with E-state index in [0.717, 1.165) is 24.5 Å². The molecule has 1 N–H and O–H groups in total. The zero-order chi connectivity index (χ0) is 16.5. The predicted octanol–water partition coefficient (Wildman–Crippen LogP) is 3.80. The van der Waals surface area contributed by atoms with Crippen molar-refractivity contribution in [3.8, 4) is 11.5 Å². The van der Waals surface area contributed by atoms with Gasteiger partial charge in [-0.2, -0.15) is 0 Å². The van der Waals surface area contributed by atoms with Crippen LogP contribution in [0.5, 0.6) is 11.5 Å². The predicted molar refractivity (Wildman–Crippen MR) is 89.9 cm³/mol. The minimum absolute atomic E-state index is 0.567. The number of aliphatic carboxylic acids is 1.